The van der Waals surface area contributed by atoms with Gasteiger partial charge in [-0.25, -0.2) is 0 Å². The lowest BCUT2D eigenvalue weighted by Crippen LogP contribution is -2.49. The first-order chi connectivity index (χ1) is 7.62. The highest BCUT2D eigenvalue weighted by Gasteiger charge is 2.39. The SMILES string of the molecule is CC(NCC1(O)CCOC1C)C1CCOC1. The molecule has 94 valence electrons. The van der Waals surface area contributed by atoms with E-state index in [9.17, 15) is 5.11 Å². The molecule has 0 aromatic carbocycles. The van der Waals surface area contributed by atoms with Gasteiger partial charge in [-0.1, -0.05) is 0 Å². The van der Waals surface area contributed by atoms with Gasteiger partial charge in [-0.05, 0) is 26.2 Å². The summed E-state index contributed by atoms with van der Waals surface area (Å²) in [5.74, 6) is 0.584. The largest absolute Gasteiger partial charge is 0.386 e. The van der Waals surface area contributed by atoms with Crippen LogP contribution in [-0.2, 0) is 9.47 Å². The Kier molecular flexibility index (Phi) is 3.85. The number of aliphatic hydroxyl groups is 1. The van der Waals surface area contributed by atoms with Crippen LogP contribution in [0.3, 0.4) is 0 Å². The molecule has 2 aliphatic heterocycles. The third kappa shape index (κ3) is 2.56. The van der Waals surface area contributed by atoms with E-state index in [1.807, 2.05) is 6.92 Å². The minimum atomic E-state index is -0.687. The van der Waals surface area contributed by atoms with Crippen LogP contribution in [0.4, 0.5) is 0 Å². The molecular weight excluding hydrogens is 206 g/mol. The standard InChI is InChI=1S/C12H23NO3/c1-9(11-3-5-15-7-11)13-8-12(14)4-6-16-10(12)2/h9-11,13-14H,3-8H2,1-2H3. The molecule has 2 aliphatic rings. The average molecular weight is 229 g/mol. The Morgan fingerprint density at radius 3 is 2.88 bits per heavy atom. The molecule has 0 amide bonds. The normalized spacial score (nSPS) is 41.4. The van der Waals surface area contributed by atoms with Crippen molar-refractivity contribution in [1.29, 1.82) is 0 Å². The van der Waals surface area contributed by atoms with Crippen molar-refractivity contribution < 1.29 is 14.6 Å². The van der Waals surface area contributed by atoms with Crippen LogP contribution in [0, 0.1) is 5.92 Å². The van der Waals surface area contributed by atoms with E-state index in [0.717, 1.165) is 26.1 Å². The van der Waals surface area contributed by atoms with Crippen molar-refractivity contribution in [2.45, 2.75) is 44.4 Å². The van der Waals surface area contributed by atoms with Gasteiger partial charge in [-0.2, -0.15) is 0 Å². The second-order valence-electron chi connectivity index (χ2n) is 5.16. The van der Waals surface area contributed by atoms with Gasteiger partial charge in [0.2, 0.25) is 0 Å². The monoisotopic (exact) mass is 229 g/mol. The number of hydrogen-bond donors (Lipinski definition) is 2. The molecule has 0 saturated carbocycles. The molecule has 4 unspecified atom stereocenters. The Balaban J connectivity index is 1.77. The van der Waals surface area contributed by atoms with Gasteiger partial charge in [-0.3, -0.25) is 0 Å². The van der Waals surface area contributed by atoms with E-state index in [-0.39, 0.29) is 6.10 Å². The van der Waals surface area contributed by atoms with Gasteiger partial charge >= 0.3 is 0 Å². The Morgan fingerprint density at radius 2 is 2.31 bits per heavy atom. The van der Waals surface area contributed by atoms with Crippen LogP contribution < -0.4 is 5.32 Å². The van der Waals surface area contributed by atoms with Crippen molar-refractivity contribution in [3.63, 3.8) is 0 Å². The molecule has 0 aromatic rings. The molecule has 0 bridgehead atoms. The first kappa shape index (κ1) is 12.3. The van der Waals surface area contributed by atoms with Crippen LogP contribution in [-0.4, -0.2) is 49.2 Å². The fraction of sp³-hybridized carbons (Fsp3) is 1.00. The zero-order valence-electron chi connectivity index (χ0n) is 10.2. The maximum absolute atomic E-state index is 10.3. The summed E-state index contributed by atoms with van der Waals surface area (Å²) in [6.45, 7) is 7.12. The summed E-state index contributed by atoms with van der Waals surface area (Å²) in [6.07, 6.45) is 1.79. The summed E-state index contributed by atoms with van der Waals surface area (Å²) in [7, 11) is 0. The van der Waals surface area contributed by atoms with E-state index in [1.54, 1.807) is 0 Å². The fourth-order valence-electron chi connectivity index (χ4n) is 2.45. The first-order valence-electron chi connectivity index (χ1n) is 6.27. The van der Waals surface area contributed by atoms with Gasteiger partial charge in [0.25, 0.3) is 0 Å². The molecule has 0 radical (unpaired) electrons. The third-order valence-electron chi connectivity index (χ3n) is 4.06. The average Bonchev–Trinajstić information content (AvgIpc) is 2.87. The number of nitrogens with one attached hydrogen (secondary N) is 1. The Bertz CT molecular complexity index is 230. The number of rotatable bonds is 4. The maximum atomic E-state index is 10.3. The fourth-order valence-corrected chi connectivity index (χ4v) is 2.45. The first-order valence-corrected chi connectivity index (χ1v) is 6.27. The lowest BCUT2D eigenvalue weighted by Gasteiger charge is -2.29. The molecule has 2 rings (SSSR count). The van der Waals surface area contributed by atoms with Crippen molar-refractivity contribution >= 4 is 0 Å². The van der Waals surface area contributed by atoms with Gasteiger partial charge < -0.3 is 19.9 Å². The summed E-state index contributed by atoms with van der Waals surface area (Å²) in [6, 6.07) is 0.402. The van der Waals surface area contributed by atoms with Gasteiger partial charge in [0.05, 0.1) is 12.7 Å². The van der Waals surface area contributed by atoms with E-state index in [1.165, 1.54) is 0 Å². The van der Waals surface area contributed by atoms with E-state index < -0.39 is 5.60 Å². The number of hydrogen-bond acceptors (Lipinski definition) is 4. The molecule has 0 aliphatic carbocycles. The molecule has 2 saturated heterocycles. The molecule has 2 heterocycles. The van der Waals surface area contributed by atoms with Gasteiger partial charge in [0.15, 0.2) is 0 Å². The highest BCUT2D eigenvalue weighted by molar-refractivity contribution is 4.92. The van der Waals surface area contributed by atoms with Crippen LogP contribution >= 0.6 is 0 Å². The zero-order chi connectivity index (χ0) is 11.6. The minimum Gasteiger partial charge on any atom is -0.386 e. The molecule has 4 atom stereocenters. The lowest BCUT2D eigenvalue weighted by atomic mass is 9.94. The van der Waals surface area contributed by atoms with E-state index in [0.29, 0.717) is 25.1 Å². The van der Waals surface area contributed by atoms with Crippen LogP contribution in [0.15, 0.2) is 0 Å². The Morgan fingerprint density at radius 1 is 1.50 bits per heavy atom. The van der Waals surface area contributed by atoms with Gasteiger partial charge in [-0.15, -0.1) is 0 Å². The molecule has 4 heteroatoms. The van der Waals surface area contributed by atoms with Crippen molar-refractivity contribution in [2.75, 3.05) is 26.4 Å². The van der Waals surface area contributed by atoms with E-state index >= 15 is 0 Å². The highest BCUT2D eigenvalue weighted by atomic mass is 16.5. The lowest BCUT2D eigenvalue weighted by molar-refractivity contribution is -0.0284. The zero-order valence-corrected chi connectivity index (χ0v) is 10.2. The minimum absolute atomic E-state index is 0.0629. The summed E-state index contributed by atoms with van der Waals surface area (Å²) < 4.78 is 10.8. The summed E-state index contributed by atoms with van der Waals surface area (Å²) in [5, 5.41) is 13.8. The smallest absolute Gasteiger partial charge is 0.105 e. The number of ether oxygens (including phenoxy) is 2. The second-order valence-corrected chi connectivity index (χ2v) is 5.16. The van der Waals surface area contributed by atoms with E-state index in [2.05, 4.69) is 12.2 Å². The van der Waals surface area contributed by atoms with Gasteiger partial charge in [0.1, 0.15) is 5.60 Å². The van der Waals surface area contributed by atoms with Crippen LogP contribution in [0.1, 0.15) is 26.7 Å². The predicted octanol–water partition coefficient (Wildman–Crippen LogP) is 0.541. The van der Waals surface area contributed by atoms with Crippen molar-refractivity contribution in [2.24, 2.45) is 5.92 Å². The highest BCUT2D eigenvalue weighted by Crippen LogP contribution is 2.25. The molecule has 16 heavy (non-hydrogen) atoms. The van der Waals surface area contributed by atoms with Crippen molar-refractivity contribution in [3.8, 4) is 0 Å². The third-order valence-corrected chi connectivity index (χ3v) is 4.06. The van der Waals surface area contributed by atoms with Crippen LogP contribution in [0.5, 0.6) is 0 Å². The van der Waals surface area contributed by atoms with Crippen molar-refractivity contribution in [3.05, 3.63) is 0 Å². The molecular formula is C12H23NO3. The quantitative estimate of drug-likeness (QED) is 0.739. The predicted molar refractivity (Wildman–Crippen MR) is 61.4 cm³/mol. The topological polar surface area (TPSA) is 50.7 Å². The second kappa shape index (κ2) is 5.00. The molecule has 4 nitrogen and oxygen atoms in total. The summed E-state index contributed by atoms with van der Waals surface area (Å²) in [4.78, 5) is 0. The van der Waals surface area contributed by atoms with Crippen LogP contribution in [0.2, 0.25) is 0 Å². The van der Waals surface area contributed by atoms with Crippen LogP contribution in [0.25, 0.3) is 0 Å². The summed E-state index contributed by atoms with van der Waals surface area (Å²) >= 11 is 0. The molecule has 2 fully saturated rings. The summed E-state index contributed by atoms with van der Waals surface area (Å²) in [5.41, 5.74) is -0.687. The Labute approximate surface area is 97.3 Å². The van der Waals surface area contributed by atoms with Crippen molar-refractivity contribution in [1.82, 2.24) is 5.32 Å². The Hall–Kier alpha value is -0.160. The van der Waals surface area contributed by atoms with E-state index in [4.69, 9.17) is 9.47 Å². The molecule has 0 spiro atoms. The van der Waals surface area contributed by atoms with Gasteiger partial charge in [0, 0.05) is 32.2 Å². The molecule has 0 aromatic heterocycles. The maximum Gasteiger partial charge on any atom is 0.105 e. The molecule has 2 N–H and O–H groups in total.